The first kappa shape index (κ1) is 17.3. The number of ether oxygens (including phenoxy) is 1. The van der Waals surface area contributed by atoms with Gasteiger partial charge < -0.3 is 20.1 Å². The van der Waals surface area contributed by atoms with E-state index in [2.05, 4.69) is 10.2 Å². The molecule has 1 aliphatic rings. The van der Waals surface area contributed by atoms with Crippen LogP contribution < -0.4 is 10.2 Å². The van der Waals surface area contributed by atoms with Crippen molar-refractivity contribution in [3.05, 3.63) is 29.8 Å². The van der Waals surface area contributed by atoms with Gasteiger partial charge in [-0.25, -0.2) is 0 Å². The molecule has 0 aliphatic carbocycles. The van der Waals surface area contributed by atoms with Crippen molar-refractivity contribution < 1.29 is 19.4 Å². The van der Waals surface area contributed by atoms with E-state index in [-0.39, 0.29) is 12.3 Å². The maximum absolute atomic E-state index is 12.3. The van der Waals surface area contributed by atoms with E-state index >= 15 is 0 Å². The lowest BCUT2D eigenvalue weighted by Gasteiger charge is -2.29. The molecule has 6 heteroatoms. The summed E-state index contributed by atoms with van der Waals surface area (Å²) in [6, 6.07) is 7.47. The van der Waals surface area contributed by atoms with Crippen LogP contribution in [0.25, 0.3) is 0 Å². The first-order chi connectivity index (χ1) is 10.9. The molecule has 0 aromatic heterocycles. The predicted octanol–water partition coefficient (Wildman–Crippen LogP) is 1.90. The van der Waals surface area contributed by atoms with Gasteiger partial charge in [-0.05, 0) is 44.5 Å². The Kier molecular flexibility index (Phi) is 5.60. The summed E-state index contributed by atoms with van der Waals surface area (Å²) in [4.78, 5) is 25.2. The number of carboxylic acid groups (broad SMARTS) is 1. The molecular weight excluding hydrogens is 296 g/mol. The number of anilines is 1. The maximum Gasteiger partial charge on any atom is 0.303 e. The fourth-order valence-electron chi connectivity index (χ4n) is 2.51. The van der Waals surface area contributed by atoms with Crippen molar-refractivity contribution in [1.82, 2.24) is 5.32 Å². The molecule has 1 amide bonds. The lowest BCUT2D eigenvalue weighted by molar-refractivity contribution is -0.137. The summed E-state index contributed by atoms with van der Waals surface area (Å²) in [6.07, 6.45) is 0.420. The van der Waals surface area contributed by atoms with Gasteiger partial charge in [0.25, 0.3) is 5.91 Å². The number of nitrogens with one attached hydrogen (secondary N) is 1. The highest BCUT2D eigenvalue weighted by molar-refractivity contribution is 5.95. The minimum atomic E-state index is -0.859. The number of benzene rings is 1. The zero-order valence-corrected chi connectivity index (χ0v) is 13.7. The lowest BCUT2D eigenvalue weighted by Crippen LogP contribution is -2.43. The number of hydrogen-bond acceptors (Lipinski definition) is 4. The van der Waals surface area contributed by atoms with Crippen LogP contribution >= 0.6 is 0 Å². The number of carbonyl (C=O) groups excluding carboxylic acids is 1. The Bertz CT molecular complexity index is 548. The van der Waals surface area contributed by atoms with Crippen LogP contribution in [0, 0.1) is 0 Å². The highest BCUT2D eigenvalue weighted by atomic mass is 16.5. The standard InChI is InChI=1S/C17H24N2O4/c1-17(2,8-7-15(20)21)18-16(22)13-3-5-14(6-4-13)19-9-11-23-12-10-19/h3-6H,7-12H2,1-2H3,(H,18,22)(H,20,21). The molecule has 0 atom stereocenters. The summed E-state index contributed by atoms with van der Waals surface area (Å²) in [5.74, 6) is -1.05. The van der Waals surface area contributed by atoms with Gasteiger partial charge in [0.05, 0.1) is 13.2 Å². The van der Waals surface area contributed by atoms with Crippen molar-refractivity contribution in [2.24, 2.45) is 0 Å². The van der Waals surface area contributed by atoms with Crippen LogP contribution in [0.15, 0.2) is 24.3 Å². The Morgan fingerprint density at radius 1 is 1.22 bits per heavy atom. The number of morpholine rings is 1. The molecule has 1 aliphatic heterocycles. The quantitative estimate of drug-likeness (QED) is 0.837. The van der Waals surface area contributed by atoms with Gasteiger partial charge in [-0.1, -0.05) is 0 Å². The third-order valence-electron chi connectivity index (χ3n) is 3.92. The van der Waals surface area contributed by atoms with Crippen LogP contribution in [-0.2, 0) is 9.53 Å². The second-order valence-corrected chi connectivity index (χ2v) is 6.38. The van der Waals surface area contributed by atoms with Crippen LogP contribution in [0.4, 0.5) is 5.69 Å². The van der Waals surface area contributed by atoms with E-state index in [4.69, 9.17) is 9.84 Å². The molecule has 126 valence electrons. The van der Waals surface area contributed by atoms with E-state index in [1.54, 1.807) is 12.1 Å². The lowest BCUT2D eigenvalue weighted by atomic mass is 9.97. The molecule has 2 N–H and O–H groups in total. The maximum atomic E-state index is 12.3. The summed E-state index contributed by atoms with van der Waals surface area (Å²) < 4.78 is 5.33. The third-order valence-corrected chi connectivity index (χ3v) is 3.92. The number of carbonyl (C=O) groups is 2. The van der Waals surface area contributed by atoms with E-state index in [9.17, 15) is 9.59 Å². The smallest absolute Gasteiger partial charge is 0.303 e. The molecule has 1 fully saturated rings. The fraction of sp³-hybridized carbons (Fsp3) is 0.529. The van der Waals surface area contributed by atoms with Gasteiger partial charge in [-0.15, -0.1) is 0 Å². The van der Waals surface area contributed by atoms with Gasteiger partial charge >= 0.3 is 5.97 Å². The predicted molar refractivity (Wildman–Crippen MR) is 87.9 cm³/mol. The Balaban J connectivity index is 1.95. The van der Waals surface area contributed by atoms with Gasteiger partial charge in [0.15, 0.2) is 0 Å². The molecule has 6 nitrogen and oxygen atoms in total. The number of hydrogen-bond donors (Lipinski definition) is 2. The van der Waals surface area contributed by atoms with Crippen molar-refractivity contribution in [3.8, 4) is 0 Å². The second-order valence-electron chi connectivity index (χ2n) is 6.38. The molecule has 1 saturated heterocycles. The van der Waals surface area contributed by atoms with Gasteiger partial charge in [0.2, 0.25) is 0 Å². The zero-order chi connectivity index (χ0) is 16.9. The molecule has 1 aromatic rings. The Morgan fingerprint density at radius 2 is 1.83 bits per heavy atom. The molecule has 1 aromatic carbocycles. The van der Waals surface area contributed by atoms with Crippen LogP contribution in [-0.4, -0.2) is 48.8 Å². The minimum Gasteiger partial charge on any atom is -0.481 e. The van der Waals surface area contributed by atoms with Crippen molar-refractivity contribution in [1.29, 1.82) is 0 Å². The third kappa shape index (κ3) is 5.25. The molecule has 23 heavy (non-hydrogen) atoms. The Labute approximate surface area is 136 Å². The van der Waals surface area contributed by atoms with Crippen molar-refractivity contribution in [3.63, 3.8) is 0 Å². The minimum absolute atomic E-state index is 0.0310. The van der Waals surface area contributed by atoms with Gasteiger partial charge in [-0.2, -0.15) is 0 Å². The van der Waals surface area contributed by atoms with Crippen LogP contribution in [0.1, 0.15) is 37.0 Å². The van der Waals surface area contributed by atoms with E-state index in [1.165, 1.54) is 0 Å². The second kappa shape index (κ2) is 7.46. The first-order valence-electron chi connectivity index (χ1n) is 7.84. The topological polar surface area (TPSA) is 78.9 Å². The van der Waals surface area contributed by atoms with Gasteiger partial charge in [-0.3, -0.25) is 9.59 Å². The summed E-state index contributed by atoms with van der Waals surface area (Å²) >= 11 is 0. The van der Waals surface area contributed by atoms with Gasteiger partial charge in [0, 0.05) is 36.3 Å². The summed E-state index contributed by atoms with van der Waals surface area (Å²) in [6.45, 7) is 6.81. The number of amides is 1. The number of nitrogens with zero attached hydrogens (tertiary/aromatic N) is 1. The molecule has 2 rings (SSSR count). The molecule has 0 radical (unpaired) electrons. The molecule has 0 spiro atoms. The van der Waals surface area contributed by atoms with Crippen molar-refractivity contribution >= 4 is 17.6 Å². The molecular formula is C17H24N2O4. The van der Waals surface area contributed by atoms with Crippen LogP contribution in [0.5, 0.6) is 0 Å². The van der Waals surface area contributed by atoms with Crippen molar-refractivity contribution in [2.45, 2.75) is 32.2 Å². The van der Waals surface area contributed by atoms with Gasteiger partial charge in [0.1, 0.15) is 0 Å². The van der Waals surface area contributed by atoms with E-state index in [0.717, 1.165) is 32.0 Å². The van der Waals surface area contributed by atoms with E-state index < -0.39 is 11.5 Å². The summed E-state index contributed by atoms with van der Waals surface area (Å²) in [7, 11) is 0. The largest absolute Gasteiger partial charge is 0.481 e. The zero-order valence-electron chi connectivity index (χ0n) is 13.7. The average molecular weight is 320 g/mol. The Morgan fingerprint density at radius 3 is 2.39 bits per heavy atom. The highest BCUT2D eigenvalue weighted by Gasteiger charge is 2.22. The van der Waals surface area contributed by atoms with Crippen molar-refractivity contribution in [2.75, 3.05) is 31.2 Å². The normalized spacial score (nSPS) is 15.3. The molecule has 0 unspecified atom stereocenters. The number of rotatable bonds is 6. The first-order valence-corrected chi connectivity index (χ1v) is 7.84. The number of carboxylic acids is 1. The molecule has 1 heterocycles. The van der Waals surface area contributed by atoms with Crippen LogP contribution in [0.2, 0.25) is 0 Å². The summed E-state index contributed by atoms with van der Waals surface area (Å²) in [5, 5.41) is 11.6. The molecule has 0 saturated carbocycles. The molecule has 0 bridgehead atoms. The fourth-order valence-corrected chi connectivity index (χ4v) is 2.51. The summed E-state index contributed by atoms with van der Waals surface area (Å²) in [5.41, 5.74) is 1.10. The highest BCUT2D eigenvalue weighted by Crippen LogP contribution is 2.18. The average Bonchev–Trinajstić information content (AvgIpc) is 2.54. The van der Waals surface area contributed by atoms with E-state index in [1.807, 2.05) is 26.0 Å². The van der Waals surface area contributed by atoms with Crippen LogP contribution in [0.3, 0.4) is 0 Å². The number of aliphatic carboxylic acids is 1. The van der Waals surface area contributed by atoms with E-state index in [0.29, 0.717) is 12.0 Å². The Hall–Kier alpha value is -2.08. The monoisotopic (exact) mass is 320 g/mol. The SMILES string of the molecule is CC(C)(CCC(=O)O)NC(=O)c1ccc(N2CCOCC2)cc1.